The molecule has 1 N–H and O–H groups in total. The van der Waals surface area contributed by atoms with Gasteiger partial charge in [-0.15, -0.1) is 0 Å². The maximum Gasteiger partial charge on any atom is 0.167 e. The van der Waals surface area contributed by atoms with Gasteiger partial charge in [0.25, 0.3) is 0 Å². The zero-order chi connectivity index (χ0) is 21.8. The van der Waals surface area contributed by atoms with Gasteiger partial charge in [0.15, 0.2) is 11.7 Å². The molecule has 0 bridgehead atoms. The Balaban J connectivity index is 1.40. The number of nitrogens with one attached hydrogen (secondary N) is 1. The number of pyridine rings is 1. The number of para-hydroxylation sites is 2. The summed E-state index contributed by atoms with van der Waals surface area (Å²) in [5.74, 6) is 0. The number of rotatable bonds is 2. The Hall–Kier alpha value is -4.25. The highest BCUT2D eigenvalue weighted by atomic mass is 16.3. The Morgan fingerprint density at radius 3 is 2.48 bits per heavy atom. The van der Waals surface area contributed by atoms with Crippen LogP contribution in [0.1, 0.15) is 22.9 Å². The highest BCUT2D eigenvalue weighted by molar-refractivity contribution is 6.17. The monoisotopic (exact) mass is 428 g/mol. The van der Waals surface area contributed by atoms with Crippen LogP contribution in [0.4, 0.5) is 11.4 Å². The number of nitrogens with zero attached hydrogens (tertiary/aromatic N) is 3. The molecular weight excluding hydrogens is 408 g/mol. The van der Waals surface area contributed by atoms with E-state index in [9.17, 15) is 0 Å². The van der Waals surface area contributed by atoms with E-state index < -0.39 is 0 Å². The standard InChI is InChI=1S/C28H20N4O/c1-4-17-9-10-18-5-2-7-21(28-30-14-15-31-28)26(18)32-25(17)20(6-1)19-11-12-23-22(16-19)27-24(33-23)8-3-13-29-27/h1-8,11-16,28,32H,9-10H2. The number of hydrogen-bond donors (Lipinski definition) is 1. The average Bonchev–Trinajstić information content (AvgIpc) is 3.47. The van der Waals surface area contributed by atoms with Crippen LogP contribution < -0.4 is 5.32 Å². The van der Waals surface area contributed by atoms with Crippen molar-refractivity contribution in [3.05, 3.63) is 89.6 Å². The van der Waals surface area contributed by atoms with E-state index in [-0.39, 0.29) is 6.17 Å². The van der Waals surface area contributed by atoms with Crippen molar-refractivity contribution in [2.45, 2.75) is 19.0 Å². The minimum absolute atomic E-state index is 0.180. The van der Waals surface area contributed by atoms with Gasteiger partial charge in [0.05, 0.1) is 0 Å². The molecule has 3 aromatic carbocycles. The SMILES string of the molecule is C1=NC(c2cccc3c2Nc2c(cccc2-c2ccc4oc5cccnc5c4c2)CC3)N=C1. The minimum Gasteiger partial charge on any atom is -0.454 e. The molecule has 0 spiro atoms. The molecule has 5 aromatic rings. The van der Waals surface area contributed by atoms with Gasteiger partial charge >= 0.3 is 0 Å². The first kappa shape index (κ1) is 18.3. The molecule has 2 aliphatic heterocycles. The third-order valence-corrected chi connectivity index (χ3v) is 6.58. The molecule has 33 heavy (non-hydrogen) atoms. The van der Waals surface area contributed by atoms with E-state index in [2.05, 4.69) is 68.8 Å². The molecule has 0 unspecified atom stereocenters. The van der Waals surface area contributed by atoms with Crippen LogP contribution in [-0.2, 0) is 12.8 Å². The molecular formula is C28H20N4O. The normalized spacial score (nSPS) is 14.9. The quantitative estimate of drug-likeness (QED) is 0.343. The largest absolute Gasteiger partial charge is 0.454 e. The third kappa shape index (κ3) is 2.89. The molecule has 0 amide bonds. The third-order valence-electron chi connectivity index (χ3n) is 6.58. The fourth-order valence-electron chi connectivity index (χ4n) is 4.99. The number of anilines is 2. The second kappa shape index (κ2) is 7.14. The molecule has 7 rings (SSSR count). The number of aryl methyl sites for hydroxylation is 2. The first-order chi connectivity index (χ1) is 16.3. The van der Waals surface area contributed by atoms with Crippen LogP contribution in [0, 0.1) is 0 Å². The van der Waals surface area contributed by atoms with Crippen LogP contribution in [0.2, 0.25) is 0 Å². The fraction of sp³-hybridized carbons (Fsp3) is 0.107. The van der Waals surface area contributed by atoms with Gasteiger partial charge in [-0.1, -0.05) is 42.5 Å². The van der Waals surface area contributed by atoms with Gasteiger partial charge in [0.1, 0.15) is 11.1 Å². The summed E-state index contributed by atoms with van der Waals surface area (Å²) in [7, 11) is 0. The Bertz CT molecular complexity index is 1600. The summed E-state index contributed by atoms with van der Waals surface area (Å²) in [6, 6.07) is 23.2. The molecule has 2 aromatic heterocycles. The van der Waals surface area contributed by atoms with Crippen molar-refractivity contribution >= 4 is 45.9 Å². The Morgan fingerprint density at radius 1 is 0.788 bits per heavy atom. The first-order valence-electron chi connectivity index (χ1n) is 11.2. The molecule has 0 saturated carbocycles. The summed E-state index contributed by atoms with van der Waals surface area (Å²) in [5, 5.41) is 4.84. The predicted octanol–water partition coefficient (Wildman–Crippen LogP) is 6.64. The van der Waals surface area contributed by atoms with Crippen LogP contribution in [0.3, 0.4) is 0 Å². The number of hydrogen-bond acceptors (Lipinski definition) is 5. The molecule has 0 fully saturated rings. The molecule has 0 aliphatic carbocycles. The Labute approximate surface area is 190 Å². The fourth-order valence-corrected chi connectivity index (χ4v) is 4.99. The second-order valence-electron chi connectivity index (χ2n) is 8.48. The van der Waals surface area contributed by atoms with Gasteiger partial charge in [-0.2, -0.15) is 0 Å². The van der Waals surface area contributed by atoms with Crippen molar-refractivity contribution in [2.75, 3.05) is 5.32 Å². The number of aliphatic imine (C=N–C) groups is 2. The molecule has 5 heteroatoms. The lowest BCUT2D eigenvalue weighted by molar-refractivity contribution is 0.668. The van der Waals surface area contributed by atoms with E-state index in [0.717, 1.165) is 57.4 Å². The summed E-state index contributed by atoms with van der Waals surface area (Å²) in [6.07, 6.45) is 7.13. The van der Waals surface area contributed by atoms with E-state index in [1.54, 1.807) is 12.4 Å². The number of aromatic nitrogens is 1. The smallest absolute Gasteiger partial charge is 0.167 e. The molecule has 2 aliphatic rings. The van der Waals surface area contributed by atoms with Crippen molar-refractivity contribution in [3.8, 4) is 11.1 Å². The van der Waals surface area contributed by atoms with Gasteiger partial charge in [0, 0.05) is 46.5 Å². The maximum atomic E-state index is 5.99. The highest BCUT2D eigenvalue weighted by Gasteiger charge is 2.22. The zero-order valence-corrected chi connectivity index (χ0v) is 17.8. The lowest BCUT2D eigenvalue weighted by Gasteiger charge is -2.19. The van der Waals surface area contributed by atoms with E-state index >= 15 is 0 Å². The second-order valence-corrected chi connectivity index (χ2v) is 8.48. The predicted molar refractivity (Wildman–Crippen MR) is 134 cm³/mol. The highest BCUT2D eigenvalue weighted by Crippen LogP contribution is 2.42. The van der Waals surface area contributed by atoms with Crippen LogP contribution in [0.5, 0.6) is 0 Å². The van der Waals surface area contributed by atoms with E-state index in [0.29, 0.717) is 0 Å². The topological polar surface area (TPSA) is 62.8 Å². The van der Waals surface area contributed by atoms with Crippen molar-refractivity contribution in [1.29, 1.82) is 0 Å². The molecule has 0 atom stereocenters. The zero-order valence-electron chi connectivity index (χ0n) is 17.8. The van der Waals surface area contributed by atoms with Gasteiger partial charge in [-0.25, -0.2) is 0 Å². The molecule has 158 valence electrons. The van der Waals surface area contributed by atoms with Crippen LogP contribution in [0.25, 0.3) is 33.2 Å². The van der Waals surface area contributed by atoms with Crippen LogP contribution >= 0.6 is 0 Å². The van der Waals surface area contributed by atoms with Crippen LogP contribution in [0.15, 0.2) is 87.3 Å². The maximum absolute atomic E-state index is 5.99. The minimum atomic E-state index is -0.180. The molecule has 0 saturated heterocycles. The number of furan rings is 1. The lowest BCUT2D eigenvalue weighted by Crippen LogP contribution is -2.02. The van der Waals surface area contributed by atoms with E-state index in [1.165, 1.54) is 16.7 Å². The molecule has 4 heterocycles. The number of benzene rings is 3. The lowest BCUT2D eigenvalue weighted by atomic mass is 9.97. The van der Waals surface area contributed by atoms with Crippen molar-refractivity contribution in [2.24, 2.45) is 9.98 Å². The van der Waals surface area contributed by atoms with Gasteiger partial charge in [0.2, 0.25) is 0 Å². The molecule has 5 nitrogen and oxygen atoms in total. The summed E-state index contributed by atoms with van der Waals surface area (Å²) >= 11 is 0. The van der Waals surface area contributed by atoms with Crippen LogP contribution in [-0.4, -0.2) is 17.4 Å². The average molecular weight is 428 g/mol. The van der Waals surface area contributed by atoms with Crippen molar-refractivity contribution in [3.63, 3.8) is 0 Å². The summed E-state index contributed by atoms with van der Waals surface area (Å²) in [5.41, 5.74) is 10.9. The summed E-state index contributed by atoms with van der Waals surface area (Å²) in [6.45, 7) is 0. The van der Waals surface area contributed by atoms with Gasteiger partial charge in [-0.05, 0) is 53.8 Å². The Kier molecular flexibility index (Phi) is 3.96. The van der Waals surface area contributed by atoms with Crippen molar-refractivity contribution < 1.29 is 4.42 Å². The Morgan fingerprint density at radius 2 is 1.61 bits per heavy atom. The molecule has 0 radical (unpaired) electrons. The summed E-state index contributed by atoms with van der Waals surface area (Å²) < 4.78 is 5.99. The van der Waals surface area contributed by atoms with E-state index in [1.807, 2.05) is 24.4 Å². The first-order valence-corrected chi connectivity index (χ1v) is 11.2. The van der Waals surface area contributed by atoms with Gasteiger partial charge in [-0.3, -0.25) is 15.0 Å². The van der Waals surface area contributed by atoms with Crippen molar-refractivity contribution in [1.82, 2.24) is 4.98 Å². The van der Waals surface area contributed by atoms with E-state index in [4.69, 9.17) is 4.42 Å². The summed E-state index contributed by atoms with van der Waals surface area (Å²) in [4.78, 5) is 13.6. The van der Waals surface area contributed by atoms with Gasteiger partial charge < -0.3 is 9.73 Å². The number of fused-ring (bicyclic) bond motifs is 5.